The van der Waals surface area contributed by atoms with Crippen molar-refractivity contribution in [2.24, 2.45) is 0 Å². The van der Waals surface area contributed by atoms with Crippen LogP contribution in [0.15, 0.2) is 56.1 Å². The Hall–Kier alpha value is -2.01. The molecular weight excluding hydrogens is 322 g/mol. The van der Waals surface area contributed by atoms with E-state index in [-0.39, 0.29) is 5.76 Å². The summed E-state index contributed by atoms with van der Waals surface area (Å²) >= 11 is 3.49. The van der Waals surface area contributed by atoms with E-state index in [0.717, 1.165) is 21.3 Å². The molecule has 1 aromatic heterocycles. The lowest BCUT2D eigenvalue weighted by atomic mass is 10.2. The van der Waals surface area contributed by atoms with Crippen molar-refractivity contribution in [2.75, 3.05) is 7.11 Å². The molecule has 0 atom stereocenters. The number of rotatable bonds is 3. The fourth-order valence-electron chi connectivity index (χ4n) is 2.13. The smallest absolute Gasteiger partial charge is 0.420 e. The van der Waals surface area contributed by atoms with Crippen molar-refractivity contribution in [3.8, 4) is 5.75 Å². The summed E-state index contributed by atoms with van der Waals surface area (Å²) in [5.41, 5.74) is 2.33. The van der Waals surface area contributed by atoms with Gasteiger partial charge in [-0.1, -0.05) is 28.1 Å². The van der Waals surface area contributed by atoms with Crippen LogP contribution < -0.4 is 10.5 Å². The number of hydrogen-bond acceptors (Lipinski definition) is 3. The summed E-state index contributed by atoms with van der Waals surface area (Å²) in [4.78, 5) is 12.0. The maximum absolute atomic E-state index is 12.0. The molecular formula is C15H12BrNO3. The minimum absolute atomic E-state index is 0.360. The lowest BCUT2D eigenvalue weighted by Crippen LogP contribution is -2.15. The number of halogens is 1. The van der Waals surface area contributed by atoms with Gasteiger partial charge in [-0.15, -0.1) is 0 Å². The summed E-state index contributed by atoms with van der Waals surface area (Å²) < 4.78 is 13.0. The SMILES string of the molecule is COc1ccc(Br)c(Cn2c(=O)oc3ccccc32)c1. The van der Waals surface area contributed by atoms with Crippen molar-refractivity contribution in [1.82, 2.24) is 4.57 Å². The molecule has 0 aliphatic heterocycles. The first-order chi connectivity index (χ1) is 9.69. The molecule has 102 valence electrons. The van der Waals surface area contributed by atoms with Gasteiger partial charge in [0.05, 0.1) is 19.2 Å². The van der Waals surface area contributed by atoms with Gasteiger partial charge in [-0.2, -0.15) is 0 Å². The van der Waals surface area contributed by atoms with Crippen molar-refractivity contribution in [3.63, 3.8) is 0 Å². The second-order valence-electron chi connectivity index (χ2n) is 4.38. The van der Waals surface area contributed by atoms with Crippen LogP contribution in [0.1, 0.15) is 5.56 Å². The van der Waals surface area contributed by atoms with Gasteiger partial charge in [-0.05, 0) is 35.9 Å². The second-order valence-corrected chi connectivity index (χ2v) is 5.23. The van der Waals surface area contributed by atoms with Gasteiger partial charge in [-0.3, -0.25) is 4.57 Å². The van der Waals surface area contributed by atoms with Crippen molar-refractivity contribution in [2.45, 2.75) is 6.54 Å². The fourth-order valence-corrected chi connectivity index (χ4v) is 2.51. The standard InChI is InChI=1S/C15H12BrNO3/c1-19-11-6-7-12(16)10(8-11)9-17-13-4-2-3-5-14(13)20-15(17)18/h2-8H,9H2,1H3. The first kappa shape index (κ1) is 13.0. The van der Waals surface area contributed by atoms with Gasteiger partial charge in [0.25, 0.3) is 0 Å². The summed E-state index contributed by atoms with van der Waals surface area (Å²) in [5, 5.41) is 0. The average Bonchev–Trinajstić information content (AvgIpc) is 2.77. The summed E-state index contributed by atoms with van der Waals surface area (Å²) in [5.74, 6) is 0.393. The molecule has 0 amide bonds. The molecule has 0 saturated heterocycles. The number of hydrogen-bond donors (Lipinski definition) is 0. The molecule has 0 radical (unpaired) electrons. The molecule has 20 heavy (non-hydrogen) atoms. The lowest BCUT2D eigenvalue weighted by Gasteiger charge is -2.08. The number of oxazole rings is 1. The Morgan fingerprint density at radius 3 is 2.85 bits per heavy atom. The van der Waals surface area contributed by atoms with E-state index in [1.165, 1.54) is 0 Å². The molecule has 0 spiro atoms. The summed E-state index contributed by atoms with van der Waals surface area (Å²) in [6.07, 6.45) is 0. The number of aromatic nitrogens is 1. The molecule has 3 aromatic rings. The Kier molecular flexibility index (Phi) is 3.36. The van der Waals surface area contributed by atoms with Crippen molar-refractivity contribution >= 4 is 27.0 Å². The number of para-hydroxylation sites is 2. The van der Waals surface area contributed by atoms with Crippen LogP contribution in [-0.4, -0.2) is 11.7 Å². The number of methoxy groups -OCH3 is 1. The predicted octanol–water partition coefficient (Wildman–Crippen LogP) is 3.41. The van der Waals surface area contributed by atoms with Gasteiger partial charge in [0.15, 0.2) is 5.58 Å². The first-order valence-electron chi connectivity index (χ1n) is 6.10. The van der Waals surface area contributed by atoms with Crippen LogP contribution in [0, 0.1) is 0 Å². The topological polar surface area (TPSA) is 44.4 Å². The molecule has 0 fully saturated rings. The maximum Gasteiger partial charge on any atom is 0.420 e. The number of fused-ring (bicyclic) bond motifs is 1. The molecule has 0 saturated carbocycles. The van der Waals surface area contributed by atoms with Gasteiger partial charge in [0.1, 0.15) is 5.75 Å². The highest BCUT2D eigenvalue weighted by Gasteiger charge is 2.11. The van der Waals surface area contributed by atoms with E-state index >= 15 is 0 Å². The number of benzene rings is 2. The molecule has 4 nitrogen and oxygen atoms in total. The lowest BCUT2D eigenvalue weighted by molar-refractivity contribution is 0.414. The quantitative estimate of drug-likeness (QED) is 0.737. The fraction of sp³-hybridized carbons (Fsp3) is 0.133. The molecule has 3 rings (SSSR count). The van der Waals surface area contributed by atoms with Gasteiger partial charge < -0.3 is 9.15 Å². The van der Waals surface area contributed by atoms with Crippen LogP contribution in [0.25, 0.3) is 11.1 Å². The van der Waals surface area contributed by atoms with Crippen LogP contribution in [0.4, 0.5) is 0 Å². The van der Waals surface area contributed by atoms with E-state index < -0.39 is 0 Å². The zero-order valence-corrected chi connectivity index (χ0v) is 12.4. The largest absolute Gasteiger partial charge is 0.497 e. The average molecular weight is 334 g/mol. The molecule has 5 heteroatoms. The summed E-state index contributed by atoms with van der Waals surface area (Å²) in [7, 11) is 1.62. The van der Waals surface area contributed by atoms with Gasteiger partial charge in [0.2, 0.25) is 0 Å². The van der Waals surface area contributed by atoms with Crippen molar-refractivity contribution < 1.29 is 9.15 Å². The number of nitrogens with zero attached hydrogens (tertiary/aromatic N) is 1. The first-order valence-corrected chi connectivity index (χ1v) is 6.89. The highest BCUT2D eigenvalue weighted by molar-refractivity contribution is 9.10. The third-order valence-electron chi connectivity index (χ3n) is 3.16. The van der Waals surface area contributed by atoms with E-state index in [1.54, 1.807) is 17.7 Å². The van der Waals surface area contributed by atoms with E-state index in [0.29, 0.717) is 12.1 Å². The molecule has 0 aliphatic carbocycles. The van der Waals surface area contributed by atoms with Crippen molar-refractivity contribution in [1.29, 1.82) is 0 Å². The Bertz CT molecular complexity index is 819. The normalized spacial score (nSPS) is 10.9. The van der Waals surface area contributed by atoms with E-state index in [2.05, 4.69) is 15.9 Å². The molecule has 0 N–H and O–H groups in total. The predicted molar refractivity (Wildman–Crippen MR) is 80.3 cm³/mol. The molecule has 1 heterocycles. The van der Waals surface area contributed by atoms with Gasteiger partial charge >= 0.3 is 5.76 Å². The zero-order valence-electron chi connectivity index (χ0n) is 10.8. The summed E-state index contributed by atoms with van der Waals surface area (Å²) in [6.45, 7) is 0.424. The van der Waals surface area contributed by atoms with Gasteiger partial charge in [0, 0.05) is 4.47 Å². The third-order valence-corrected chi connectivity index (χ3v) is 3.93. The number of ether oxygens (including phenoxy) is 1. The van der Waals surface area contributed by atoms with E-state index in [4.69, 9.17) is 9.15 Å². The highest BCUT2D eigenvalue weighted by atomic mass is 79.9. The second kappa shape index (κ2) is 5.17. The maximum atomic E-state index is 12.0. The zero-order chi connectivity index (χ0) is 14.1. The van der Waals surface area contributed by atoms with Crippen LogP contribution in [-0.2, 0) is 6.54 Å². The minimum Gasteiger partial charge on any atom is -0.497 e. The van der Waals surface area contributed by atoms with Crippen molar-refractivity contribution in [3.05, 3.63) is 63.1 Å². The van der Waals surface area contributed by atoms with Crippen LogP contribution in [0.5, 0.6) is 5.75 Å². The molecule has 0 bridgehead atoms. The Balaban J connectivity index is 2.09. The van der Waals surface area contributed by atoms with E-state index in [1.807, 2.05) is 36.4 Å². The summed E-state index contributed by atoms with van der Waals surface area (Å²) in [6, 6.07) is 13.1. The highest BCUT2D eigenvalue weighted by Crippen LogP contribution is 2.24. The monoisotopic (exact) mass is 333 g/mol. The van der Waals surface area contributed by atoms with E-state index in [9.17, 15) is 4.79 Å². The third kappa shape index (κ3) is 2.25. The Morgan fingerprint density at radius 1 is 1.25 bits per heavy atom. The van der Waals surface area contributed by atoms with Crippen LogP contribution in [0.3, 0.4) is 0 Å². The molecule has 0 aliphatic rings. The van der Waals surface area contributed by atoms with Crippen LogP contribution >= 0.6 is 15.9 Å². The van der Waals surface area contributed by atoms with Gasteiger partial charge in [-0.25, -0.2) is 4.79 Å². The molecule has 0 unspecified atom stereocenters. The van der Waals surface area contributed by atoms with Crippen LogP contribution in [0.2, 0.25) is 0 Å². The molecule has 2 aromatic carbocycles. The Labute approximate surface area is 123 Å². The Morgan fingerprint density at radius 2 is 2.05 bits per heavy atom. The minimum atomic E-state index is -0.360.